The van der Waals surface area contributed by atoms with Crippen molar-refractivity contribution in [2.24, 2.45) is 16.7 Å². The highest BCUT2D eigenvalue weighted by molar-refractivity contribution is 5.75. The number of carbonyl (C=O) groups is 1. The summed E-state index contributed by atoms with van der Waals surface area (Å²) < 4.78 is 0. The molecule has 1 N–H and O–H groups in total. The maximum Gasteiger partial charge on any atom is 0.310 e. The summed E-state index contributed by atoms with van der Waals surface area (Å²) >= 11 is 0. The lowest BCUT2D eigenvalue weighted by atomic mass is 9.71. The van der Waals surface area contributed by atoms with Crippen LogP contribution in [0.3, 0.4) is 0 Å². The first-order chi connectivity index (χ1) is 8.33. The van der Waals surface area contributed by atoms with Gasteiger partial charge in [0.1, 0.15) is 0 Å². The Balaban J connectivity index is 1.90. The minimum absolute atomic E-state index is 0.361. The van der Waals surface area contributed by atoms with E-state index in [9.17, 15) is 9.90 Å². The van der Waals surface area contributed by atoms with Gasteiger partial charge in [-0.25, -0.2) is 0 Å². The van der Waals surface area contributed by atoms with Gasteiger partial charge in [-0.3, -0.25) is 4.79 Å². The van der Waals surface area contributed by atoms with Gasteiger partial charge in [-0.1, -0.05) is 40.0 Å². The zero-order valence-electron chi connectivity index (χ0n) is 12.0. The van der Waals surface area contributed by atoms with E-state index in [1.165, 1.54) is 6.42 Å². The van der Waals surface area contributed by atoms with Crippen molar-refractivity contribution in [1.82, 2.24) is 4.90 Å². The number of nitrogens with zero attached hydrogens (tertiary/aromatic N) is 1. The van der Waals surface area contributed by atoms with Crippen LogP contribution in [0.1, 0.15) is 52.9 Å². The smallest absolute Gasteiger partial charge is 0.310 e. The summed E-state index contributed by atoms with van der Waals surface area (Å²) in [7, 11) is 0. The van der Waals surface area contributed by atoms with Crippen molar-refractivity contribution in [2.45, 2.75) is 52.9 Å². The van der Waals surface area contributed by atoms with Crippen molar-refractivity contribution in [1.29, 1.82) is 0 Å². The van der Waals surface area contributed by atoms with E-state index in [1.54, 1.807) is 0 Å². The number of hydrogen-bond donors (Lipinski definition) is 1. The standard InChI is InChI=1S/C15H27NO2/c1-14(2,3)12-9-16(10-12)11-15(13(17)18)7-5-4-6-8-15/h12H,4-11H2,1-3H3,(H,17,18). The van der Waals surface area contributed by atoms with Gasteiger partial charge in [0, 0.05) is 19.6 Å². The lowest BCUT2D eigenvalue weighted by Gasteiger charge is -2.49. The Morgan fingerprint density at radius 1 is 1.22 bits per heavy atom. The van der Waals surface area contributed by atoms with E-state index in [0.29, 0.717) is 5.41 Å². The molecule has 0 spiro atoms. The van der Waals surface area contributed by atoms with Crippen LogP contribution >= 0.6 is 0 Å². The molecule has 0 aromatic heterocycles. The van der Waals surface area contributed by atoms with Crippen LogP contribution in [0.25, 0.3) is 0 Å². The Morgan fingerprint density at radius 3 is 2.22 bits per heavy atom. The van der Waals surface area contributed by atoms with Crippen LogP contribution in [0.5, 0.6) is 0 Å². The molecular weight excluding hydrogens is 226 g/mol. The van der Waals surface area contributed by atoms with Crippen LogP contribution < -0.4 is 0 Å². The number of aliphatic carboxylic acids is 1. The molecule has 3 nitrogen and oxygen atoms in total. The predicted molar refractivity (Wildman–Crippen MR) is 72.5 cm³/mol. The molecular formula is C15H27NO2. The molecule has 0 bridgehead atoms. The van der Waals surface area contributed by atoms with E-state index in [2.05, 4.69) is 25.7 Å². The zero-order chi connectivity index (χ0) is 13.4. The lowest BCUT2D eigenvalue weighted by Crippen LogP contribution is -2.56. The Kier molecular flexibility index (Phi) is 3.72. The minimum atomic E-state index is -0.568. The first-order valence-corrected chi connectivity index (χ1v) is 7.29. The third-order valence-corrected chi connectivity index (χ3v) is 4.97. The summed E-state index contributed by atoms with van der Waals surface area (Å²) in [5, 5.41) is 9.56. The van der Waals surface area contributed by atoms with Gasteiger partial charge in [-0.05, 0) is 24.2 Å². The second-order valence-electron chi connectivity index (χ2n) is 7.40. The third kappa shape index (κ3) is 2.71. The van der Waals surface area contributed by atoms with Crippen LogP contribution in [-0.2, 0) is 4.79 Å². The highest BCUT2D eigenvalue weighted by Gasteiger charge is 2.45. The fourth-order valence-corrected chi connectivity index (χ4v) is 3.34. The molecule has 3 heteroatoms. The lowest BCUT2D eigenvalue weighted by molar-refractivity contribution is -0.154. The van der Waals surface area contributed by atoms with E-state index in [-0.39, 0.29) is 0 Å². The van der Waals surface area contributed by atoms with Crippen molar-refractivity contribution < 1.29 is 9.90 Å². The molecule has 0 amide bonds. The van der Waals surface area contributed by atoms with E-state index < -0.39 is 11.4 Å². The van der Waals surface area contributed by atoms with E-state index >= 15 is 0 Å². The SMILES string of the molecule is CC(C)(C)C1CN(CC2(C(=O)O)CCCCC2)C1. The van der Waals surface area contributed by atoms with E-state index in [1.807, 2.05) is 0 Å². The first kappa shape index (κ1) is 13.9. The highest BCUT2D eigenvalue weighted by Crippen LogP contribution is 2.41. The van der Waals surface area contributed by atoms with Crippen molar-refractivity contribution in [3.05, 3.63) is 0 Å². The van der Waals surface area contributed by atoms with Gasteiger partial charge in [0.25, 0.3) is 0 Å². The van der Waals surface area contributed by atoms with Gasteiger partial charge >= 0.3 is 5.97 Å². The summed E-state index contributed by atoms with van der Waals surface area (Å²) in [6.45, 7) is 9.78. The Hall–Kier alpha value is -0.570. The van der Waals surface area contributed by atoms with Gasteiger partial charge in [0.05, 0.1) is 5.41 Å². The van der Waals surface area contributed by atoms with Gasteiger partial charge in [-0.2, -0.15) is 0 Å². The molecule has 0 aromatic carbocycles. The Labute approximate surface area is 111 Å². The largest absolute Gasteiger partial charge is 0.481 e. The molecule has 104 valence electrons. The molecule has 1 aliphatic heterocycles. The normalized spacial score (nSPS) is 25.7. The molecule has 18 heavy (non-hydrogen) atoms. The first-order valence-electron chi connectivity index (χ1n) is 7.29. The average molecular weight is 253 g/mol. The number of hydrogen-bond acceptors (Lipinski definition) is 2. The molecule has 1 heterocycles. The zero-order valence-corrected chi connectivity index (χ0v) is 12.0. The van der Waals surface area contributed by atoms with Crippen LogP contribution in [0.2, 0.25) is 0 Å². The number of rotatable bonds is 3. The highest BCUT2D eigenvalue weighted by atomic mass is 16.4. The molecule has 1 saturated heterocycles. The number of likely N-dealkylation sites (tertiary alicyclic amines) is 1. The summed E-state index contributed by atoms with van der Waals surface area (Å²) in [5.41, 5.74) is -0.0828. The summed E-state index contributed by atoms with van der Waals surface area (Å²) in [4.78, 5) is 14.0. The quantitative estimate of drug-likeness (QED) is 0.840. The van der Waals surface area contributed by atoms with Crippen LogP contribution in [-0.4, -0.2) is 35.6 Å². The molecule has 2 rings (SSSR count). The third-order valence-electron chi connectivity index (χ3n) is 4.97. The van der Waals surface area contributed by atoms with Crippen molar-refractivity contribution in [3.63, 3.8) is 0 Å². The second-order valence-corrected chi connectivity index (χ2v) is 7.40. The monoisotopic (exact) mass is 253 g/mol. The second kappa shape index (κ2) is 4.84. The average Bonchev–Trinajstić information content (AvgIpc) is 2.22. The molecule has 0 unspecified atom stereocenters. The van der Waals surface area contributed by atoms with Crippen molar-refractivity contribution in [3.8, 4) is 0 Å². The maximum atomic E-state index is 11.6. The summed E-state index contributed by atoms with van der Waals surface area (Å²) in [6, 6.07) is 0. The fourth-order valence-electron chi connectivity index (χ4n) is 3.34. The summed E-state index contributed by atoms with van der Waals surface area (Å²) in [5.74, 6) is 0.161. The van der Waals surface area contributed by atoms with Gasteiger partial charge in [0.2, 0.25) is 0 Å². The molecule has 1 aliphatic carbocycles. The Morgan fingerprint density at radius 2 is 1.78 bits per heavy atom. The van der Waals surface area contributed by atoms with Crippen LogP contribution in [0.4, 0.5) is 0 Å². The molecule has 0 atom stereocenters. The molecule has 0 radical (unpaired) electrons. The van der Waals surface area contributed by atoms with Gasteiger partial charge in [0.15, 0.2) is 0 Å². The Bertz CT molecular complexity index is 307. The summed E-state index contributed by atoms with van der Waals surface area (Å²) in [6.07, 6.45) is 5.13. The van der Waals surface area contributed by atoms with E-state index in [0.717, 1.165) is 51.2 Å². The molecule has 2 aliphatic rings. The predicted octanol–water partition coefficient (Wildman–Crippen LogP) is 3.00. The van der Waals surface area contributed by atoms with Crippen molar-refractivity contribution >= 4 is 5.97 Å². The number of carboxylic acids is 1. The van der Waals surface area contributed by atoms with Gasteiger partial charge in [-0.15, -0.1) is 0 Å². The molecule has 1 saturated carbocycles. The van der Waals surface area contributed by atoms with Crippen LogP contribution in [0.15, 0.2) is 0 Å². The topological polar surface area (TPSA) is 40.5 Å². The van der Waals surface area contributed by atoms with E-state index in [4.69, 9.17) is 0 Å². The minimum Gasteiger partial charge on any atom is -0.481 e. The molecule has 2 fully saturated rings. The molecule has 0 aromatic rings. The van der Waals surface area contributed by atoms with Gasteiger partial charge < -0.3 is 10.0 Å². The number of carboxylic acid groups (broad SMARTS) is 1. The van der Waals surface area contributed by atoms with Crippen LogP contribution in [0, 0.1) is 16.7 Å². The van der Waals surface area contributed by atoms with Crippen molar-refractivity contribution in [2.75, 3.05) is 19.6 Å². The maximum absolute atomic E-state index is 11.6. The fraction of sp³-hybridized carbons (Fsp3) is 0.933.